The molecular formula is C21H28FN5O4S. The van der Waals surface area contributed by atoms with Crippen LogP contribution in [0.5, 0.6) is 0 Å². The molecule has 32 heavy (non-hydrogen) atoms. The third-order valence-electron chi connectivity index (χ3n) is 6.05. The number of rotatable bonds is 6. The van der Waals surface area contributed by atoms with E-state index in [-0.39, 0.29) is 28.4 Å². The SMILES string of the molecule is CC(C)c1nc(N2CCC(N3CCC(Nc4ccc(S(C)(=O)=O)cc4F)C3=O)CC2)no1. The number of nitrogens with zero attached hydrogens (tertiary/aromatic N) is 4. The Balaban J connectivity index is 1.35. The summed E-state index contributed by atoms with van der Waals surface area (Å²) >= 11 is 0. The van der Waals surface area contributed by atoms with Gasteiger partial charge in [-0.25, -0.2) is 12.8 Å². The number of hydrogen-bond donors (Lipinski definition) is 1. The molecule has 1 atom stereocenters. The van der Waals surface area contributed by atoms with Gasteiger partial charge >= 0.3 is 0 Å². The molecule has 1 amide bonds. The van der Waals surface area contributed by atoms with Crippen LogP contribution in [0.1, 0.15) is 44.9 Å². The number of sulfone groups is 1. The summed E-state index contributed by atoms with van der Waals surface area (Å²) in [5, 5.41) is 7.01. The van der Waals surface area contributed by atoms with Gasteiger partial charge in [-0.05, 0) is 42.6 Å². The van der Waals surface area contributed by atoms with Crippen molar-refractivity contribution in [3.05, 3.63) is 29.9 Å². The van der Waals surface area contributed by atoms with Crippen molar-refractivity contribution in [3.8, 4) is 0 Å². The third kappa shape index (κ3) is 4.57. The Bertz CT molecular complexity index is 1100. The lowest BCUT2D eigenvalue weighted by atomic mass is 10.0. The standard InChI is InChI=1S/C21H28FN5O4S/c1-13(2)19-24-21(25-31-19)26-9-6-14(7-10-26)27-11-8-18(20(27)28)23-17-5-4-15(12-16(17)22)32(3,29)30/h4-5,12-14,18,23H,6-11H2,1-3H3. The van der Waals surface area contributed by atoms with Crippen molar-refractivity contribution in [2.75, 3.05) is 36.1 Å². The molecule has 4 rings (SSSR count). The second kappa shape index (κ2) is 8.68. The lowest BCUT2D eigenvalue weighted by Gasteiger charge is -2.36. The van der Waals surface area contributed by atoms with Crippen LogP contribution < -0.4 is 10.2 Å². The van der Waals surface area contributed by atoms with Gasteiger partial charge in [-0.15, -0.1) is 0 Å². The van der Waals surface area contributed by atoms with Crippen molar-refractivity contribution >= 4 is 27.4 Å². The first kappa shape index (κ1) is 22.5. The van der Waals surface area contributed by atoms with Gasteiger partial charge in [-0.2, -0.15) is 4.98 Å². The molecule has 0 aliphatic carbocycles. The topological polar surface area (TPSA) is 109 Å². The average Bonchev–Trinajstić information content (AvgIpc) is 3.37. The van der Waals surface area contributed by atoms with Gasteiger partial charge in [-0.1, -0.05) is 13.8 Å². The number of nitrogens with one attached hydrogen (secondary N) is 1. The second-order valence-corrected chi connectivity index (χ2v) is 10.8. The highest BCUT2D eigenvalue weighted by Gasteiger charge is 2.38. The Morgan fingerprint density at radius 2 is 1.91 bits per heavy atom. The van der Waals surface area contributed by atoms with Crippen LogP contribution in [0, 0.1) is 5.82 Å². The quantitative estimate of drug-likeness (QED) is 0.693. The number of anilines is 2. The Morgan fingerprint density at radius 3 is 2.50 bits per heavy atom. The molecule has 3 heterocycles. The fraction of sp³-hybridized carbons (Fsp3) is 0.571. The fourth-order valence-electron chi connectivity index (χ4n) is 4.20. The van der Waals surface area contributed by atoms with E-state index in [9.17, 15) is 17.6 Å². The summed E-state index contributed by atoms with van der Waals surface area (Å²) in [6.07, 6.45) is 3.18. The highest BCUT2D eigenvalue weighted by molar-refractivity contribution is 7.90. The monoisotopic (exact) mass is 465 g/mol. The number of carbonyl (C=O) groups excluding carboxylic acids is 1. The molecule has 2 aliphatic rings. The van der Waals surface area contributed by atoms with Crippen LogP contribution in [0.3, 0.4) is 0 Å². The number of aromatic nitrogens is 2. The van der Waals surface area contributed by atoms with Gasteiger partial charge in [-0.3, -0.25) is 4.79 Å². The minimum atomic E-state index is -3.49. The zero-order chi connectivity index (χ0) is 23.0. The summed E-state index contributed by atoms with van der Waals surface area (Å²) in [6.45, 7) is 6.05. The fourth-order valence-corrected chi connectivity index (χ4v) is 4.83. The first-order chi connectivity index (χ1) is 15.1. The van der Waals surface area contributed by atoms with Crippen molar-refractivity contribution in [1.29, 1.82) is 0 Å². The van der Waals surface area contributed by atoms with Gasteiger partial charge < -0.3 is 19.6 Å². The van der Waals surface area contributed by atoms with E-state index in [2.05, 4.69) is 20.4 Å². The van der Waals surface area contributed by atoms with Gasteiger partial charge in [0, 0.05) is 37.8 Å². The molecule has 0 bridgehead atoms. The van der Waals surface area contributed by atoms with E-state index < -0.39 is 21.7 Å². The van der Waals surface area contributed by atoms with Crippen molar-refractivity contribution in [2.45, 2.75) is 56.0 Å². The van der Waals surface area contributed by atoms with Gasteiger partial charge in [0.1, 0.15) is 11.9 Å². The summed E-state index contributed by atoms with van der Waals surface area (Å²) in [7, 11) is -3.49. The number of carbonyl (C=O) groups is 1. The minimum absolute atomic E-state index is 0.0586. The Morgan fingerprint density at radius 1 is 1.19 bits per heavy atom. The van der Waals surface area contributed by atoms with E-state index in [1.165, 1.54) is 12.1 Å². The molecule has 2 saturated heterocycles. The van der Waals surface area contributed by atoms with E-state index in [4.69, 9.17) is 4.52 Å². The van der Waals surface area contributed by atoms with Crippen molar-refractivity contribution in [2.24, 2.45) is 0 Å². The number of hydrogen-bond acceptors (Lipinski definition) is 8. The lowest BCUT2D eigenvalue weighted by Crippen LogP contribution is -2.47. The maximum atomic E-state index is 14.4. The molecule has 174 valence electrons. The van der Waals surface area contributed by atoms with Gasteiger partial charge in [0.2, 0.25) is 11.8 Å². The summed E-state index contributed by atoms with van der Waals surface area (Å²) in [5.41, 5.74) is 0.130. The predicted molar refractivity (Wildman–Crippen MR) is 117 cm³/mol. The Hall–Kier alpha value is -2.69. The largest absolute Gasteiger partial charge is 0.371 e. The maximum Gasteiger partial charge on any atom is 0.266 e. The normalized spacial score (nSPS) is 20.4. The number of benzene rings is 1. The molecule has 1 aromatic carbocycles. The first-order valence-electron chi connectivity index (χ1n) is 10.8. The van der Waals surface area contributed by atoms with E-state index in [0.717, 1.165) is 38.3 Å². The minimum Gasteiger partial charge on any atom is -0.371 e. The number of piperidine rings is 1. The Kier molecular flexibility index (Phi) is 6.11. The molecule has 2 fully saturated rings. The highest BCUT2D eigenvalue weighted by Crippen LogP contribution is 2.28. The van der Waals surface area contributed by atoms with Gasteiger partial charge in [0.05, 0.1) is 10.6 Å². The van der Waals surface area contributed by atoms with Gasteiger partial charge in [0.25, 0.3) is 5.95 Å². The molecule has 2 aromatic rings. The molecule has 9 nitrogen and oxygen atoms in total. The van der Waals surface area contributed by atoms with Crippen LogP contribution in [0.2, 0.25) is 0 Å². The number of likely N-dealkylation sites (tertiary alicyclic amines) is 1. The van der Waals surface area contributed by atoms with Crippen molar-refractivity contribution in [1.82, 2.24) is 15.0 Å². The molecule has 1 aromatic heterocycles. The van der Waals surface area contributed by atoms with E-state index >= 15 is 0 Å². The Labute approximate surface area is 186 Å². The molecule has 0 radical (unpaired) electrons. The molecular weight excluding hydrogens is 437 g/mol. The van der Waals surface area contributed by atoms with Crippen LogP contribution in [0.15, 0.2) is 27.6 Å². The summed E-state index contributed by atoms with van der Waals surface area (Å²) in [4.78, 5) is 21.3. The predicted octanol–water partition coefficient (Wildman–Crippen LogP) is 2.42. The molecule has 0 saturated carbocycles. The van der Waals surface area contributed by atoms with Gasteiger partial charge in [0.15, 0.2) is 9.84 Å². The highest BCUT2D eigenvalue weighted by atomic mass is 32.2. The van der Waals surface area contributed by atoms with Crippen LogP contribution >= 0.6 is 0 Å². The van der Waals surface area contributed by atoms with Crippen molar-refractivity contribution in [3.63, 3.8) is 0 Å². The van der Waals surface area contributed by atoms with Crippen molar-refractivity contribution < 1.29 is 22.1 Å². The molecule has 1 unspecified atom stereocenters. The van der Waals surface area contributed by atoms with Crippen LogP contribution in [0.4, 0.5) is 16.0 Å². The smallest absolute Gasteiger partial charge is 0.266 e. The van der Waals surface area contributed by atoms with Crippen LogP contribution in [-0.4, -0.2) is 67.3 Å². The third-order valence-corrected chi connectivity index (χ3v) is 7.16. The summed E-state index contributed by atoms with van der Waals surface area (Å²) < 4.78 is 42.9. The van der Waals surface area contributed by atoms with Crippen LogP contribution in [-0.2, 0) is 14.6 Å². The molecule has 1 N–H and O–H groups in total. The number of halogens is 1. The maximum absolute atomic E-state index is 14.4. The summed E-state index contributed by atoms with van der Waals surface area (Å²) in [6, 6.07) is 3.27. The molecule has 11 heteroatoms. The first-order valence-corrected chi connectivity index (χ1v) is 12.7. The zero-order valence-electron chi connectivity index (χ0n) is 18.4. The zero-order valence-corrected chi connectivity index (χ0v) is 19.2. The lowest BCUT2D eigenvalue weighted by molar-refractivity contribution is -0.130. The van der Waals surface area contributed by atoms with E-state index in [0.29, 0.717) is 24.8 Å². The van der Waals surface area contributed by atoms with Crippen LogP contribution in [0.25, 0.3) is 0 Å². The van der Waals surface area contributed by atoms with E-state index in [1.54, 1.807) is 0 Å². The van der Waals surface area contributed by atoms with E-state index in [1.807, 2.05) is 18.7 Å². The summed E-state index contributed by atoms with van der Waals surface area (Å²) in [5.74, 6) is 0.632. The molecule has 0 spiro atoms. The molecule has 2 aliphatic heterocycles. The second-order valence-electron chi connectivity index (χ2n) is 8.74. The number of amides is 1. The average molecular weight is 466 g/mol.